The molecule has 0 spiro atoms. The van der Waals surface area contributed by atoms with Gasteiger partial charge in [0.25, 0.3) is 5.91 Å². The number of hydrogen-bond acceptors (Lipinski definition) is 5. The van der Waals surface area contributed by atoms with Gasteiger partial charge in [0.15, 0.2) is 0 Å². The number of pyridine rings is 1. The minimum atomic E-state index is -0.165. The van der Waals surface area contributed by atoms with Gasteiger partial charge in [-0.3, -0.25) is 4.79 Å². The molecule has 6 nitrogen and oxygen atoms in total. The molecule has 2 N–H and O–H groups in total. The molecule has 1 saturated heterocycles. The fourth-order valence-electron chi connectivity index (χ4n) is 3.08. The maximum atomic E-state index is 12.6. The Morgan fingerprint density at radius 2 is 2.12 bits per heavy atom. The molecule has 1 amide bonds. The quantitative estimate of drug-likeness (QED) is 0.809. The molecule has 0 aliphatic carbocycles. The lowest BCUT2D eigenvalue weighted by atomic mass is 9.96. The van der Waals surface area contributed by atoms with Crippen LogP contribution < -0.4 is 20.1 Å². The Hall–Kier alpha value is -2.31. The van der Waals surface area contributed by atoms with Gasteiger partial charge in [0.2, 0.25) is 5.88 Å². The molecule has 0 saturated carbocycles. The van der Waals surface area contributed by atoms with Crippen LogP contribution in [-0.2, 0) is 6.42 Å². The normalized spacial score (nSPS) is 15.8. The van der Waals surface area contributed by atoms with Crippen molar-refractivity contribution in [3.8, 4) is 11.6 Å². The van der Waals surface area contributed by atoms with E-state index in [-0.39, 0.29) is 18.3 Å². The molecular formula is C19H24ClN3O3. The summed E-state index contributed by atoms with van der Waals surface area (Å²) in [5.41, 5.74) is 2.32. The molecule has 140 valence electrons. The number of carbonyl (C=O) groups excluding carboxylic acids is 1. The molecule has 1 atom stereocenters. The number of hydrogen-bond donors (Lipinski definition) is 2. The summed E-state index contributed by atoms with van der Waals surface area (Å²) < 4.78 is 10.5. The highest BCUT2D eigenvalue weighted by molar-refractivity contribution is 6.04. The SMILES string of the molecule is COc1cc(NC(=O)c2ccc(OC)c(CC3CCNC3)c2)ccn1.Cl. The van der Waals surface area contributed by atoms with E-state index in [2.05, 4.69) is 15.6 Å². The summed E-state index contributed by atoms with van der Waals surface area (Å²) in [5, 5.41) is 6.25. The number of benzene rings is 1. The van der Waals surface area contributed by atoms with Crippen molar-refractivity contribution in [3.05, 3.63) is 47.7 Å². The van der Waals surface area contributed by atoms with Gasteiger partial charge < -0.3 is 20.1 Å². The van der Waals surface area contributed by atoms with Crippen LogP contribution >= 0.6 is 12.4 Å². The van der Waals surface area contributed by atoms with Gasteiger partial charge >= 0.3 is 0 Å². The van der Waals surface area contributed by atoms with Crippen LogP contribution in [0.4, 0.5) is 5.69 Å². The summed E-state index contributed by atoms with van der Waals surface area (Å²) in [4.78, 5) is 16.6. The molecule has 2 heterocycles. The van der Waals surface area contributed by atoms with Gasteiger partial charge in [0, 0.05) is 23.5 Å². The van der Waals surface area contributed by atoms with Crippen LogP contribution in [0.1, 0.15) is 22.3 Å². The van der Waals surface area contributed by atoms with Crippen molar-refractivity contribution in [2.24, 2.45) is 5.92 Å². The van der Waals surface area contributed by atoms with Crippen molar-refractivity contribution >= 4 is 24.0 Å². The molecule has 0 bridgehead atoms. The van der Waals surface area contributed by atoms with E-state index in [0.717, 1.165) is 37.2 Å². The Kier molecular flexibility index (Phi) is 7.24. The largest absolute Gasteiger partial charge is 0.496 e. The highest BCUT2D eigenvalue weighted by atomic mass is 35.5. The second-order valence-corrected chi connectivity index (χ2v) is 6.13. The number of nitrogens with one attached hydrogen (secondary N) is 2. The molecule has 26 heavy (non-hydrogen) atoms. The van der Waals surface area contributed by atoms with Gasteiger partial charge in [0.1, 0.15) is 5.75 Å². The third-order valence-corrected chi connectivity index (χ3v) is 4.42. The number of aromatic nitrogens is 1. The summed E-state index contributed by atoms with van der Waals surface area (Å²) in [5.74, 6) is 1.70. The number of carbonyl (C=O) groups is 1. The van der Waals surface area contributed by atoms with Crippen LogP contribution in [0.15, 0.2) is 36.5 Å². The molecule has 2 aromatic rings. The first-order valence-electron chi connectivity index (χ1n) is 8.38. The lowest BCUT2D eigenvalue weighted by molar-refractivity contribution is 0.102. The zero-order chi connectivity index (χ0) is 17.6. The van der Waals surface area contributed by atoms with E-state index in [1.165, 1.54) is 0 Å². The van der Waals surface area contributed by atoms with E-state index in [1.807, 2.05) is 12.1 Å². The summed E-state index contributed by atoms with van der Waals surface area (Å²) in [6.07, 6.45) is 3.65. The molecule has 3 rings (SSSR count). The average molecular weight is 378 g/mol. The van der Waals surface area contributed by atoms with Crippen LogP contribution in [0.2, 0.25) is 0 Å². The van der Waals surface area contributed by atoms with E-state index in [1.54, 1.807) is 38.6 Å². The second-order valence-electron chi connectivity index (χ2n) is 6.13. The fourth-order valence-corrected chi connectivity index (χ4v) is 3.08. The standard InChI is InChI=1S/C19H23N3O3.ClH/c1-24-17-4-3-14(10-15(17)9-13-5-7-20-12-13)19(23)22-16-6-8-21-18(11-16)25-2;/h3-4,6,8,10-11,13,20H,5,7,9,12H2,1-2H3,(H,21,22,23);1H. The summed E-state index contributed by atoms with van der Waals surface area (Å²) in [6, 6.07) is 8.98. The van der Waals surface area contributed by atoms with E-state index in [9.17, 15) is 4.79 Å². The zero-order valence-corrected chi connectivity index (χ0v) is 15.8. The van der Waals surface area contributed by atoms with Gasteiger partial charge in [0.05, 0.1) is 14.2 Å². The third-order valence-electron chi connectivity index (χ3n) is 4.42. The number of anilines is 1. The predicted molar refractivity (Wildman–Crippen MR) is 104 cm³/mol. The summed E-state index contributed by atoms with van der Waals surface area (Å²) >= 11 is 0. The molecule has 1 aromatic heterocycles. The minimum Gasteiger partial charge on any atom is -0.496 e. The Morgan fingerprint density at radius 3 is 2.81 bits per heavy atom. The van der Waals surface area contributed by atoms with Gasteiger partial charge in [-0.2, -0.15) is 0 Å². The van der Waals surface area contributed by atoms with E-state index in [4.69, 9.17) is 9.47 Å². The van der Waals surface area contributed by atoms with Crippen LogP contribution in [0.3, 0.4) is 0 Å². The molecule has 1 unspecified atom stereocenters. The topological polar surface area (TPSA) is 72.5 Å². The summed E-state index contributed by atoms with van der Waals surface area (Å²) in [7, 11) is 3.20. The fraction of sp³-hybridized carbons (Fsp3) is 0.368. The average Bonchev–Trinajstić information content (AvgIpc) is 3.15. The first-order valence-corrected chi connectivity index (χ1v) is 8.38. The Labute approximate surface area is 159 Å². The molecule has 1 aliphatic rings. The van der Waals surface area contributed by atoms with Crippen molar-refractivity contribution in [1.82, 2.24) is 10.3 Å². The lowest BCUT2D eigenvalue weighted by Gasteiger charge is -2.14. The second kappa shape index (κ2) is 9.40. The Bertz CT molecular complexity index is 749. The van der Waals surface area contributed by atoms with Crippen LogP contribution in [0.5, 0.6) is 11.6 Å². The van der Waals surface area contributed by atoms with Gasteiger partial charge in [-0.1, -0.05) is 0 Å². The maximum absolute atomic E-state index is 12.6. The molecule has 7 heteroatoms. The van der Waals surface area contributed by atoms with Gasteiger partial charge in [-0.25, -0.2) is 4.98 Å². The van der Waals surface area contributed by atoms with Crippen LogP contribution in [-0.4, -0.2) is 38.2 Å². The number of halogens is 1. The number of rotatable bonds is 6. The van der Waals surface area contributed by atoms with Gasteiger partial charge in [-0.15, -0.1) is 12.4 Å². The third kappa shape index (κ3) is 4.86. The Morgan fingerprint density at radius 1 is 1.27 bits per heavy atom. The highest BCUT2D eigenvalue weighted by Crippen LogP contribution is 2.26. The lowest BCUT2D eigenvalue weighted by Crippen LogP contribution is -2.14. The number of methoxy groups -OCH3 is 2. The van der Waals surface area contributed by atoms with Crippen LogP contribution in [0, 0.1) is 5.92 Å². The van der Waals surface area contributed by atoms with E-state index < -0.39 is 0 Å². The van der Waals surface area contributed by atoms with Crippen LogP contribution in [0.25, 0.3) is 0 Å². The van der Waals surface area contributed by atoms with Crippen molar-refractivity contribution in [2.75, 3.05) is 32.6 Å². The van der Waals surface area contributed by atoms with Crippen molar-refractivity contribution in [2.45, 2.75) is 12.8 Å². The Balaban J connectivity index is 0.00000243. The van der Waals surface area contributed by atoms with Crippen molar-refractivity contribution in [1.29, 1.82) is 0 Å². The zero-order valence-electron chi connectivity index (χ0n) is 15.0. The molecule has 1 fully saturated rings. The van der Waals surface area contributed by atoms with Gasteiger partial charge in [-0.05, 0) is 61.7 Å². The van der Waals surface area contributed by atoms with E-state index >= 15 is 0 Å². The number of ether oxygens (including phenoxy) is 2. The molecule has 1 aromatic carbocycles. The minimum absolute atomic E-state index is 0. The number of nitrogens with zero attached hydrogens (tertiary/aromatic N) is 1. The first-order chi connectivity index (χ1) is 12.2. The highest BCUT2D eigenvalue weighted by Gasteiger charge is 2.18. The molecular weight excluding hydrogens is 354 g/mol. The predicted octanol–water partition coefficient (Wildman–Crippen LogP) is 2.92. The monoisotopic (exact) mass is 377 g/mol. The molecule has 0 radical (unpaired) electrons. The van der Waals surface area contributed by atoms with Crippen molar-refractivity contribution in [3.63, 3.8) is 0 Å². The maximum Gasteiger partial charge on any atom is 0.255 e. The first kappa shape index (κ1) is 20.0. The smallest absolute Gasteiger partial charge is 0.255 e. The van der Waals surface area contributed by atoms with E-state index in [0.29, 0.717) is 23.0 Å². The number of amides is 1. The molecule has 1 aliphatic heterocycles. The summed E-state index contributed by atoms with van der Waals surface area (Å²) in [6.45, 7) is 2.06. The van der Waals surface area contributed by atoms with Crippen molar-refractivity contribution < 1.29 is 14.3 Å².